The molecule has 3 heterocycles. The first-order valence-corrected chi connectivity index (χ1v) is 10.6. The maximum atomic E-state index is 6.54. The van der Waals surface area contributed by atoms with Gasteiger partial charge in [0.05, 0.1) is 11.0 Å². The van der Waals surface area contributed by atoms with Crippen molar-refractivity contribution in [1.82, 2.24) is 4.57 Å². The van der Waals surface area contributed by atoms with E-state index in [1.165, 1.54) is 60.6 Å². The quantitative estimate of drug-likeness (QED) is 0.347. The predicted molar refractivity (Wildman–Crippen MR) is 126 cm³/mol. The lowest BCUT2D eigenvalue weighted by atomic mass is 9.33. The minimum Gasteiger partial charge on any atom is -0.458 e. The zero-order valence-electron chi connectivity index (χ0n) is 17.3. The average Bonchev–Trinajstić information content (AvgIpc) is 3.07. The third-order valence-corrected chi connectivity index (χ3v) is 6.96. The van der Waals surface area contributed by atoms with E-state index < -0.39 is 0 Å². The molecule has 30 heavy (non-hydrogen) atoms. The summed E-state index contributed by atoms with van der Waals surface area (Å²) in [5, 5.41) is 2.60. The van der Waals surface area contributed by atoms with E-state index in [1.54, 1.807) is 0 Å². The Kier molecular flexibility index (Phi) is 2.93. The minimum absolute atomic E-state index is 0.195. The second-order valence-corrected chi connectivity index (χ2v) is 8.76. The first-order chi connectivity index (χ1) is 14.6. The Labute approximate surface area is 175 Å². The van der Waals surface area contributed by atoms with Gasteiger partial charge in [-0.1, -0.05) is 47.5 Å². The lowest BCUT2D eigenvalue weighted by molar-refractivity contribution is 0.487. The minimum atomic E-state index is 0.195. The smallest absolute Gasteiger partial charge is 0.257 e. The van der Waals surface area contributed by atoms with Gasteiger partial charge in [0.1, 0.15) is 11.5 Å². The maximum absolute atomic E-state index is 6.54. The summed E-state index contributed by atoms with van der Waals surface area (Å²) in [4.78, 5) is 0. The molecule has 2 aliphatic heterocycles. The zero-order valence-corrected chi connectivity index (χ0v) is 17.3. The lowest BCUT2D eigenvalue weighted by Crippen LogP contribution is -2.59. The van der Waals surface area contributed by atoms with Crippen LogP contribution in [0.25, 0.3) is 27.5 Å². The molecule has 0 fully saturated rings. The molecule has 3 heteroatoms. The fourth-order valence-electron chi connectivity index (χ4n) is 5.86. The van der Waals surface area contributed by atoms with Gasteiger partial charge in [-0.15, -0.1) is 0 Å². The van der Waals surface area contributed by atoms with E-state index in [0.717, 1.165) is 11.5 Å². The predicted octanol–water partition coefficient (Wildman–Crippen LogP) is 4.64. The van der Waals surface area contributed by atoms with E-state index in [9.17, 15) is 0 Å². The van der Waals surface area contributed by atoms with Crippen LogP contribution in [0, 0.1) is 20.8 Å². The molecule has 0 amide bonds. The standard InChI is InChI=1S/C27H20BNO/c1-15-13-17(3)25-23(14-15)30-22-12-11-19-18-8-4-5-9-20(18)29-21-10-6-7-16(2)24(21)28(25)26(22)27(19)29/h4-14H,1-3H3. The molecule has 1 aromatic heterocycles. The van der Waals surface area contributed by atoms with E-state index in [2.05, 4.69) is 92.1 Å². The fraction of sp³-hybridized carbons (Fsp3) is 0.111. The molecule has 0 spiro atoms. The van der Waals surface area contributed by atoms with E-state index in [-0.39, 0.29) is 6.71 Å². The third kappa shape index (κ3) is 1.82. The Morgan fingerprint density at radius 3 is 2.47 bits per heavy atom. The summed E-state index contributed by atoms with van der Waals surface area (Å²) in [5.41, 5.74) is 11.7. The Hall–Kier alpha value is -3.46. The second-order valence-electron chi connectivity index (χ2n) is 8.76. The van der Waals surface area contributed by atoms with Crippen molar-refractivity contribution in [3.05, 3.63) is 83.4 Å². The molecular formula is C27H20BNO. The second kappa shape index (κ2) is 5.37. The number of hydrogen-bond acceptors (Lipinski definition) is 1. The monoisotopic (exact) mass is 385 g/mol. The molecule has 2 nitrogen and oxygen atoms in total. The number of para-hydroxylation sites is 1. The zero-order chi connectivity index (χ0) is 20.1. The number of benzene rings is 4. The average molecular weight is 385 g/mol. The molecule has 0 unspecified atom stereocenters. The van der Waals surface area contributed by atoms with Crippen molar-refractivity contribution in [2.45, 2.75) is 20.8 Å². The van der Waals surface area contributed by atoms with Crippen LogP contribution in [0.1, 0.15) is 16.7 Å². The first kappa shape index (κ1) is 16.4. The Bertz CT molecular complexity index is 1560. The van der Waals surface area contributed by atoms with Crippen LogP contribution in [0.5, 0.6) is 11.5 Å². The van der Waals surface area contributed by atoms with Crippen LogP contribution >= 0.6 is 0 Å². The van der Waals surface area contributed by atoms with Gasteiger partial charge in [-0.25, -0.2) is 0 Å². The summed E-state index contributed by atoms with van der Waals surface area (Å²) in [5.74, 6) is 1.99. The summed E-state index contributed by atoms with van der Waals surface area (Å²) in [7, 11) is 0. The van der Waals surface area contributed by atoms with Crippen molar-refractivity contribution in [3.8, 4) is 17.2 Å². The molecule has 0 bridgehead atoms. The highest BCUT2D eigenvalue weighted by molar-refractivity contribution is 6.99. The molecule has 0 aliphatic carbocycles. The third-order valence-electron chi connectivity index (χ3n) is 6.96. The normalized spacial score (nSPS) is 13.4. The largest absolute Gasteiger partial charge is 0.458 e. The summed E-state index contributed by atoms with van der Waals surface area (Å²) in [6.45, 7) is 6.81. The van der Waals surface area contributed by atoms with Gasteiger partial charge in [-0.05, 0) is 73.1 Å². The number of rotatable bonds is 0. The van der Waals surface area contributed by atoms with Crippen LogP contribution < -0.4 is 21.1 Å². The summed E-state index contributed by atoms with van der Waals surface area (Å²) in [6, 6.07) is 24.3. The molecule has 0 radical (unpaired) electrons. The van der Waals surface area contributed by atoms with E-state index >= 15 is 0 Å². The molecule has 0 N–H and O–H groups in total. The van der Waals surface area contributed by atoms with Crippen molar-refractivity contribution in [3.63, 3.8) is 0 Å². The van der Waals surface area contributed by atoms with Crippen molar-refractivity contribution >= 4 is 44.9 Å². The molecule has 142 valence electrons. The van der Waals surface area contributed by atoms with Gasteiger partial charge in [-0.2, -0.15) is 0 Å². The van der Waals surface area contributed by atoms with Crippen molar-refractivity contribution in [1.29, 1.82) is 0 Å². The molecule has 0 saturated carbocycles. The highest BCUT2D eigenvalue weighted by Crippen LogP contribution is 2.38. The molecule has 0 atom stereocenters. The number of nitrogens with zero attached hydrogens (tertiary/aromatic N) is 1. The molecule has 7 rings (SSSR count). The molecule has 2 aliphatic rings. The maximum Gasteiger partial charge on any atom is 0.257 e. The lowest BCUT2D eigenvalue weighted by Gasteiger charge is -2.34. The number of ether oxygens (including phenoxy) is 1. The van der Waals surface area contributed by atoms with Crippen molar-refractivity contribution in [2.75, 3.05) is 0 Å². The highest BCUT2D eigenvalue weighted by Gasteiger charge is 2.41. The van der Waals surface area contributed by atoms with E-state index in [4.69, 9.17) is 4.74 Å². The SMILES string of the molecule is Cc1cc(C)c2c(c1)Oc1ccc3c4ccccc4n4c3c1B2c1c(C)cccc1-4. The number of aromatic nitrogens is 1. The van der Waals surface area contributed by atoms with Crippen LogP contribution in [-0.2, 0) is 0 Å². The Morgan fingerprint density at radius 2 is 1.57 bits per heavy atom. The highest BCUT2D eigenvalue weighted by atomic mass is 16.5. The number of fused-ring (bicyclic) bond motifs is 8. The van der Waals surface area contributed by atoms with Crippen LogP contribution in [0.2, 0.25) is 0 Å². The van der Waals surface area contributed by atoms with Gasteiger partial charge < -0.3 is 9.30 Å². The molecule has 4 aromatic carbocycles. The van der Waals surface area contributed by atoms with Gasteiger partial charge in [0.15, 0.2) is 0 Å². The van der Waals surface area contributed by atoms with Crippen LogP contribution in [-0.4, -0.2) is 11.3 Å². The fourth-order valence-corrected chi connectivity index (χ4v) is 5.86. The first-order valence-electron chi connectivity index (χ1n) is 10.6. The van der Waals surface area contributed by atoms with Crippen molar-refractivity contribution in [2.24, 2.45) is 0 Å². The van der Waals surface area contributed by atoms with E-state index in [0.29, 0.717) is 0 Å². The van der Waals surface area contributed by atoms with Crippen LogP contribution in [0.4, 0.5) is 0 Å². The van der Waals surface area contributed by atoms with Crippen LogP contribution in [0.15, 0.2) is 66.7 Å². The summed E-state index contributed by atoms with van der Waals surface area (Å²) >= 11 is 0. The Balaban J connectivity index is 1.76. The molecule has 5 aromatic rings. The van der Waals surface area contributed by atoms with Gasteiger partial charge >= 0.3 is 0 Å². The number of aryl methyl sites for hydroxylation is 3. The molecule has 0 saturated heterocycles. The molecular weight excluding hydrogens is 365 g/mol. The summed E-state index contributed by atoms with van der Waals surface area (Å²) in [6.07, 6.45) is 0. The Morgan fingerprint density at radius 1 is 0.700 bits per heavy atom. The van der Waals surface area contributed by atoms with E-state index in [1.807, 2.05) is 0 Å². The van der Waals surface area contributed by atoms with Crippen molar-refractivity contribution < 1.29 is 4.74 Å². The van der Waals surface area contributed by atoms with Gasteiger partial charge in [0.25, 0.3) is 6.71 Å². The van der Waals surface area contributed by atoms with Crippen LogP contribution in [0.3, 0.4) is 0 Å². The number of hydrogen-bond donors (Lipinski definition) is 0. The van der Waals surface area contributed by atoms with Gasteiger partial charge in [-0.3, -0.25) is 0 Å². The topological polar surface area (TPSA) is 14.2 Å². The van der Waals surface area contributed by atoms with Gasteiger partial charge in [0, 0.05) is 16.5 Å². The summed E-state index contributed by atoms with van der Waals surface area (Å²) < 4.78 is 9.00. The van der Waals surface area contributed by atoms with Gasteiger partial charge in [0.2, 0.25) is 0 Å².